The first-order valence-electron chi connectivity index (χ1n) is 8.32. The lowest BCUT2D eigenvalue weighted by Gasteiger charge is -2.29. The number of amides is 1. The number of hydrogen-bond donors (Lipinski definition) is 0. The van der Waals surface area contributed by atoms with Crippen molar-refractivity contribution in [3.8, 4) is 0 Å². The quantitative estimate of drug-likeness (QED) is 0.789. The molecule has 5 heteroatoms. The second-order valence-corrected chi connectivity index (χ2v) is 5.88. The zero-order valence-electron chi connectivity index (χ0n) is 14.2. The molecule has 0 saturated carbocycles. The Morgan fingerprint density at radius 2 is 2.04 bits per heavy atom. The van der Waals surface area contributed by atoms with Crippen LogP contribution in [0.4, 0.5) is 0 Å². The first-order valence-corrected chi connectivity index (χ1v) is 8.32. The summed E-state index contributed by atoms with van der Waals surface area (Å²) in [7, 11) is 0. The van der Waals surface area contributed by atoms with E-state index in [4.69, 9.17) is 0 Å². The van der Waals surface area contributed by atoms with Crippen LogP contribution in [0, 0.1) is 0 Å². The molecule has 1 heterocycles. The monoisotopic (exact) mass is 315 g/mol. The molecule has 0 aliphatic carbocycles. The number of unbranched alkanes of at least 4 members (excludes halogenated alkanes) is 1. The smallest absolute Gasteiger partial charge is 0.244 e. The number of rotatable bonds is 7. The largest absolute Gasteiger partial charge is 0.338 e. The summed E-state index contributed by atoms with van der Waals surface area (Å²) in [5.74, 6) is 0.0501. The average molecular weight is 315 g/mol. The fourth-order valence-corrected chi connectivity index (χ4v) is 2.65. The van der Waals surface area contributed by atoms with E-state index in [1.165, 1.54) is 6.20 Å². The van der Waals surface area contributed by atoms with E-state index in [2.05, 4.69) is 25.9 Å². The molecule has 0 aliphatic rings. The zero-order valence-corrected chi connectivity index (χ0v) is 14.2. The van der Waals surface area contributed by atoms with Crippen LogP contribution in [-0.4, -0.2) is 33.2 Å². The first kappa shape index (κ1) is 17.2. The summed E-state index contributed by atoms with van der Waals surface area (Å²) in [6.45, 7) is 7.21. The molecular weight excluding hydrogens is 290 g/mol. The molecule has 0 radical (unpaired) electrons. The highest BCUT2D eigenvalue weighted by Gasteiger charge is 2.19. The van der Waals surface area contributed by atoms with Gasteiger partial charge in [0.2, 0.25) is 11.3 Å². The van der Waals surface area contributed by atoms with Gasteiger partial charge in [0.25, 0.3) is 0 Å². The van der Waals surface area contributed by atoms with Gasteiger partial charge in [-0.25, -0.2) is 0 Å². The molecule has 1 unspecified atom stereocenters. The van der Waals surface area contributed by atoms with Gasteiger partial charge in [-0.3, -0.25) is 14.3 Å². The highest BCUT2D eigenvalue weighted by molar-refractivity contribution is 5.81. The van der Waals surface area contributed by atoms with E-state index in [1.807, 2.05) is 23.1 Å². The van der Waals surface area contributed by atoms with Gasteiger partial charge in [0.05, 0.1) is 11.7 Å². The molecule has 1 aromatic carbocycles. The summed E-state index contributed by atoms with van der Waals surface area (Å²) < 4.78 is 1.63. The minimum absolute atomic E-state index is 0.0501. The van der Waals surface area contributed by atoms with Crippen molar-refractivity contribution in [1.29, 1.82) is 0 Å². The molecule has 5 nitrogen and oxygen atoms in total. The number of hydrogen-bond acceptors (Lipinski definition) is 3. The lowest BCUT2D eigenvalue weighted by atomic mass is 10.2. The summed E-state index contributed by atoms with van der Waals surface area (Å²) >= 11 is 0. The van der Waals surface area contributed by atoms with Crippen LogP contribution in [0.2, 0.25) is 0 Å². The van der Waals surface area contributed by atoms with E-state index in [0.717, 1.165) is 25.8 Å². The van der Waals surface area contributed by atoms with Gasteiger partial charge in [-0.1, -0.05) is 32.4 Å². The molecule has 2 aromatic rings. The van der Waals surface area contributed by atoms with E-state index in [9.17, 15) is 9.59 Å². The van der Waals surface area contributed by atoms with E-state index in [1.54, 1.807) is 10.7 Å². The van der Waals surface area contributed by atoms with Gasteiger partial charge >= 0.3 is 0 Å². The van der Waals surface area contributed by atoms with Gasteiger partial charge in [0.1, 0.15) is 6.54 Å². The molecule has 0 spiro atoms. The van der Waals surface area contributed by atoms with Crippen molar-refractivity contribution in [1.82, 2.24) is 14.7 Å². The van der Waals surface area contributed by atoms with Crippen LogP contribution in [0.5, 0.6) is 0 Å². The predicted octanol–water partition coefficient (Wildman–Crippen LogP) is 2.82. The molecule has 1 amide bonds. The number of nitrogens with zero attached hydrogens (tertiary/aromatic N) is 3. The molecule has 1 atom stereocenters. The third kappa shape index (κ3) is 3.97. The number of para-hydroxylation sites is 1. The van der Waals surface area contributed by atoms with Crippen LogP contribution >= 0.6 is 0 Å². The van der Waals surface area contributed by atoms with Gasteiger partial charge in [0, 0.05) is 18.0 Å². The summed E-state index contributed by atoms with van der Waals surface area (Å²) in [6, 6.07) is 7.48. The first-order chi connectivity index (χ1) is 11.1. The second-order valence-electron chi connectivity index (χ2n) is 5.88. The number of fused-ring (bicyclic) bond motifs is 1. The van der Waals surface area contributed by atoms with Gasteiger partial charge in [-0.15, -0.1) is 0 Å². The van der Waals surface area contributed by atoms with Crippen molar-refractivity contribution >= 4 is 16.8 Å². The molecule has 1 aromatic heterocycles. The highest BCUT2D eigenvalue weighted by Crippen LogP contribution is 2.11. The van der Waals surface area contributed by atoms with Gasteiger partial charge in [-0.2, -0.15) is 5.10 Å². The van der Waals surface area contributed by atoms with Gasteiger partial charge in [-0.05, 0) is 31.9 Å². The summed E-state index contributed by atoms with van der Waals surface area (Å²) in [4.78, 5) is 26.5. The molecule has 2 rings (SSSR count). The van der Waals surface area contributed by atoms with Crippen molar-refractivity contribution in [2.75, 3.05) is 6.54 Å². The van der Waals surface area contributed by atoms with Crippen LogP contribution in [0.1, 0.15) is 40.0 Å². The third-order valence-corrected chi connectivity index (χ3v) is 4.24. The molecule has 0 bridgehead atoms. The molecule has 0 fully saturated rings. The zero-order chi connectivity index (χ0) is 16.8. The highest BCUT2D eigenvalue weighted by atomic mass is 16.2. The maximum Gasteiger partial charge on any atom is 0.244 e. The topological polar surface area (TPSA) is 55.2 Å². The van der Waals surface area contributed by atoms with E-state index in [0.29, 0.717) is 10.9 Å². The Morgan fingerprint density at radius 3 is 2.74 bits per heavy atom. The molecule has 23 heavy (non-hydrogen) atoms. The number of aromatic nitrogens is 2. The van der Waals surface area contributed by atoms with E-state index >= 15 is 0 Å². The Bertz CT molecular complexity index is 724. The molecular formula is C18H25N3O2. The Kier molecular flexibility index (Phi) is 5.90. The summed E-state index contributed by atoms with van der Waals surface area (Å²) in [5, 5.41) is 4.75. The standard InChI is InChI=1S/C18H25N3O2/c1-4-6-11-20(14(3)5-2)18(23)13-21-16-10-8-7-9-15(16)17(22)12-19-21/h7-10,12,14H,4-6,11,13H2,1-3H3. The fourth-order valence-electron chi connectivity index (χ4n) is 2.65. The maximum atomic E-state index is 12.7. The van der Waals surface area contributed by atoms with E-state index < -0.39 is 0 Å². The average Bonchev–Trinajstić information content (AvgIpc) is 2.57. The SMILES string of the molecule is CCCCN(C(=O)Cn1ncc(=O)c2ccccc21)C(C)CC. The minimum atomic E-state index is -0.117. The Balaban J connectivity index is 2.28. The molecule has 0 aliphatic heterocycles. The maximum absolute atomic E-state index is 12.7. The van der Waals surface area contributed by atoms with Crippen molar-refractivity contribution in [3.63, 3.8) is 0 Å². The summed E-state index contributed by atoms with van der Waals surface area (Å²) in [5.41, 5.74) is 0.585. The van der Waals surface area contributed by atoms with Crippen molar-refractivity contribution in [3.05, 3.63) is 40.7 Å². The van der Waals surface area contributed by atoms with E-state index in [-0.39, 0.29) is 23.9 Å². The van der Waals surface area contributed by atoms with Crippen molar-refractivity contribution in [2.45, 2.75) is 52.6 Å². The van der Waals surface area contributed by atoms with Crippen molar-refractivity contribution in [2.24, 2.45) is 0 Å². The lowest BCUT2D eigenvalue weighted by molar-refractivity contribution is -0.134. The Morgan fingerprint density at radius 1 is 1.30 bits per heavy atom. The van der Waals surface area contributed by atoms with Gasteiger partial charge < -0.3 is 4.90 Å². The second kappa shape index (κ2) is 7.90. The van der Waals surface area contributed by atoms with Gasteiger partial charge in [0.15, 0.2) is 0 Å². The number of carbonyl (C=O) groups is 1. The number of carbonyl (C=O) groups excluding carboxylic acids is 1. The Labute approximate surface area is 136 Å². The summed E-state index contributed by atoms with van der Waals surface area (Å²) in [6.07, 6.45) is 4.26. The van der Waals surface area contributed by atoms with Crippen LogP contribution in [0.3, 0.4) is 0 Å². The molecule has 124 valence electrons. The van der Waals surface area contributed by atoms with Crippen molar-refractivity contribution < 1.29 is 4.79 Å². The predicted molar refractivity (Wildman–Crippen MR) is 92.4 cm³/mol. The third-order valence-electron chi connectivity index (χ3n) is 4.24. The minimum Gasteiger partial charge on any atom is -0.338 e. The molecule has 0 N–H and O–H groups in total. The fraction of sp³-hybridized carbons (Fsp3) is 0.500. The Hall–Kier alpha value is -2.17. The van der Waals surface area contributed by atoms with Crippen LogP contribution in [0.15, 0.2) is 35.3 Å². The normalized spacial score (nSPS) is 12.3. The number of benzene rings is 1. The molecule has 0 saturated heterocycles. The lowest BCUT2D eigenvalue weighted by Crippen LogP contribution is -2.41. The van der Waals surface area contributed by atoms with Crippen LogP contribution in [0.25, 0.3) is 10.9 Å². The van der Waals surface area contributed by atoms with Crippen LogP contribution in [-0.2, 0) is 11.3 Å². The van der Waals surface area contributed by atoms with Crippen LogP contribution < -0.4 is 5.43 Å².